The Bertz CT molecular complexity index is 209. The van der Waals surface area contributed by atoms with E-state index in [1.165, 1.54) is 64.5 Å². The Kier molecular flexibility index (Phi) is 4.26. The topological polar surface area (TPSA) is 15.3 Å². The van der Waals surface area contributed by atoms with Crippen molar-refractivity contribution in [2.45, 2.75) is 69.9 Å². The lowest BCUT2D eigenvalue weighted by Crippen LogP contribution is -2.51. The SMILES string of the molecule is CN1CCCCC1CNC1(C)CCCCC1. The van der Waals surface area contributed by atoms with Crippen LogP contribution in [0.1, 0.15) is 58.3 Å². The van der Waals surface area contributed by atoms with Gasteiger partial charge in [-0.25, -0.2) is 0 Å². The highest BCUT2D eigenvalue weighted by Gasteiger charge is 2.28. The molecule has 1 unspecified atom stereocenters. The quantitative estimate of drug-likeness (QED) is 0.793. The van der Waals surface area contributed by atoms with Crippen LogP contribution in [0.5, 0.6) is 0 Å². The van der Waals surface area contributed by atoms with Crippen LogP contribution in [-0.4, -0.2) is 36.6 Å². The van der Waals surface area contributed by atoms with Crippen LogP contribution in [0, 0.1) is 0 Å². The summed E-state index contributed by atoms with van der Waals surface area (Å²) in [5.41, 5.74) is 0.441. The molecule has 2 rings (SSSR count). The highest BCUT2D eigenvalue weighted by atomic mass is 15.2. The zero-order valence-corrected chi connectivity index (χ0v) is 11.1. The molecule has 1 N–H and O–H groups in total. The third kappa shape index (κ3) is 3.21. The Morgan fingerprint density at radius 2 is 1.88 bits per heavy atom. The van der Waals surface area contributed by atoms with Crippen molar-refractivity contribution in [2.24, 2.45) is 0 Å². The van der Waals surface area contributed by atoms with Gasteiger partial charge in [0.2, 0.25) is 0 Å². The molecule has 2 fully saturated rings. The largest absolute Gasteiger partial charge is 0.310 e. The van der Waals surface area contributed by atoms with E-state index in [2.05, 4.69) is 24.2 Å². The maximum absolute atomic E-state index is 3.86. The molecule has 1 saturated heterocycles. The molecule has 0 amide bonds. The summed E-state index contributed by atoms with van der Waals surface area (Å²) in [6, 6.07) is 0.785. The number of nitrogens with zero attached hydrogens (tertiary/aromatic N) is 1. The fourth-order valence-electron chi connectivity index (χ4n) is 3.28. The summed E-state index contributed by atoms with van der Waals surface area (Å²) in [4.78, 5) is 2.54. The van der Waals surface area contributed by atoms with Crippen molar-refractivity contribution in [3.8, 4) is 0 Å². The summed E-state index contributed by atoms with van der Waals surface area (Å²) in [6.45, 7) is 4.92. The second-order valence-electron chi connectivity index (χ2n) is 6.13. The first kappa shape index (κ1) is 12.4. The maximum atomic E-state index is 3.86. The molecule has 0 aromatic carbocycles. The Morgan fingerprint density at radius 1 is 1.12 bits per heavy atom. The number of nitrogens with one attached hydrogen (secondary N) is 1. The van der Waals surface area contributed by atoms with Gasteiger partial charge in [0.05, 0.1) is 0 Å². The van der Waals surface area contributed by atoms with Crippen LogP contribution in [0.3, 0.4) is 0 Å². The fraction of sp³-hybridized carbons (Fsp3) is 1.00. The zero-order valence-electron chi connectivity index (χ0n) is 11.1. The van der Waals surface area contributed by atoms with E-state index < -0.39 is 0 Å². The van der Waals surface area contributed by atoms with Crippen molar-refractivity contribution in [1.29, 1.82) is 0 Å². The third-order valence-electron chi connectivity index (χ3n) is 4.64. The summed E-state index contributed by atoms with van der Waals surface area (Å²) in [5, 5.41) is 3.86. The summed E-state index contributed by atoms with van der Waals surface area (Å²) in [7, 11) is 2.29. The lowest BCUT2D eigenvalue weighted by atomic mass is 9.83. The standard InChI is InChI=1S/C14H28N2/c1-14(9-5-3-6-10-14)15-12-13-8-4-7-11-16(13)2/h13,15H,3-12H2,1-2H3. The second kappa shape index (κ2) is 5.50. The van der Waals surface area contributed by atoms with E-state index >= 15 is 0 Å². The van der Waals surface area contributed by atoms with Gasteiger partial charge in [-0.3, -0.25) is 0 Å². The monoisotopic (exact) mass is 224 g/mol. The van der Waals surface area contributed by atoms with Crippen LogP contribution in [0.4, 0.5) is 0 Å². The van der Waals surface area contributed by atoms with E-state index in [1.54, 1.807) is 0 Å². The van der Waals surface area contributed by atoms with E-state index in [4.69, 9.17) is 0 Å². The molecule has 1 atom stereocenters. The van der Waals surface area contributed by atoms with Crippen molar-refractivity contribution in [1.82, 2.24) is 10.2 Å². The van der Waals surface area contributed by atoms with Crippen molar-refractivity contribution in [3.05, 3.63) is 0 Å². The number of rotatable bonds is 3. The van der Waals surface area contributed by atoms with Gasteiger partial charge in [-0.15, -0.1) is 0 Å². The molecule has 2 nitrogen and oxygen atoms in total. The molecule has 1 heterocycles. The Labute approximate surface area is 101 Å². The molecular weight excluding hydrogens is 196 g/mol. The van der Waals surface area contributed by atoms with Crippen LogP contribution in [0.2, 0.25) is 0 Å². The van der Waals surface area contributed by atoms with Gasteiger partial charge in [-0.1, -0.05) is 25.7 Å². The van der Waals surface area contributed by atoms with Gasteiger partial charge >= 0.3 is 0 Å². The maximum Gasteiger partial charge on any atom is 0.0217 e. The first-order chi connectivity index (χ1) is 7.70. The molecule has 0 spiro atoms. The van der Waals surface area contributed by atoms with E-state index in [1.807, 2.05) is 0 Å². The summed E-state index contributed by atoms with van der Waals surface area (Å²) in [6.07, 6.45) is 11.2. The Hall–Kier alpha value is -0.0800. The van der Waals surface area contributed by atoms with Crippen molar-refractivity contribution < 1.29 is 0 Å². The van der Waals surface area contributed by atoms with Crippen LogP contribution in [0.15, 0.2) is 0 Å². The molecule has 2 heteroatoms. The zero-order chi connectivity index (χ0) is 11.4. The molecular formula is C14H28N2. The van der Waals surface area contributed by atoms with Crippen molar-refractivity contribution >= 4 is 0 Å². The average Bonchev–Trinajstić information content (AvgIpc) is 2.29. The molecule has 0 bridgehead atoms. The predicted molar refractivity (Wildman–Crippen MR) is 69.8 cm³/mol. The van der Waals surface area contributed by atoms with Crippen LogP contribution >= 0.6 is 0 Å². The van der Waals surface area contributed by atoms with Gasteiger partial charge < -0.3 is 10.2 Å². The van der Waals surface area contributed by atoms with E-state index in [0.29, 0.717) is 5.54 Å². The third-order valence-corrected chi connectivity index (χ3v) is 4.64. The number of hydrogen-bond donors (Lipinski definition) is 1. The minimum Gasteiger partial charge on any atom is -0.310 e. The molecule has 1 aliphatic heterocycles. The molecule has 2 aliphatic rings. The summed E-state index contributed by atoms with van der Waals surface area (Å²) < 4.78 is 0. The van der Waals surface area contributed by atoms with Crippen molar-refractivity contribution in [3.63, 3.8) is 0 Å². The lowest BCUT2D eigenvalue weighted by molar-refractivity contribution is 0.157. The Balaban J connectivity index is 1.76. The minimum atomic E-state index is 0.441. The average molecular weight is 224 g/mol. The fourth-order valence-corrected chi connectivity index (χ4v) is 3.28. The second-order valence-corrected chi connectivity index (χ2v) is 6.13. The van der Waals surface area contributed by atoms with Gasteiger partial charge in [-0.05, 0) is 46.2 Å². The van der Waals surface area contributed by atoms with Gasteiger partial charge in [0.1, 0.15) is 0 Å². The minimum absolute atomic E-state index is 0.441. The summed E-state index contributed by atoms with van der Waals surface area (Å²) >= 11 is 0. The summed E-state index contributed by atoms with van der Waals surface area (Å²) in [5.74, 6) is 0. The van der Waals surface area contributed by atoms with Crippen molar-refractivity contribution in [2.75, 3.05) is 20.1 Å². The number of hydrogen-bond acceptors (Lipinski definition) is 2. The molecule has 94 valence electrons. The molecule has 16 heavy (non-hydrogen) atoms. The first-order valence-electron chi connectivity index (χ1n) is 7.15. The normalized spacial score (nSPS) is 31.5. The van der Waals surface area contributed by atoms with E-state index in [-0.39, 0.29) is 0 Å². The number of likely N-dealkylation sites (N-methyl/N-ethyl adjacent to an activating group) is 1. The molecule has 0 radical (unpaired) electrons. The Morgan fingerprint density at radius 3 is 2.56 bits per heavy atom. The first-order valence-corrected chi connectivity index (χ1v) is 7.15. The van der Waals surface area contributed by atoms with Gasteiger partial charge in [-0.2, -0.15) is 0 Å². The molecule has 0 aromatic rings. The van der Waals surface area contributed by atoms with E-state index in [9.17, 15) is 0 Å². The smallest absolute Gasteiger partial charge is 0.0217 e. The van der Waals surface area contributed by atoms with Gasteiger partial charge in [0.25, 0.3) is 0 Å². The van der Waals surface area contributed by atoms with Crippen LogP contribution < -0.4 is 5.32 Å². The van der Waals surface area contributed by atoms with Gasteiger partial charge in [0, 0.05) is 18.1 Å². The van der Waals surface area contributed by atoms with Crippen LogP contribution in [0.25, 0.3) is 0 Å². The molecule has 1 aliphatic carbocycles. The lowest BCUT2D eigenvalue weighted by Gasteiger charge is -2.39. The predicted octanol–water partition coefficient (Wildman–Crippen LogP) is 2.78. The molecule has 0 aromatic heterocycles. The van der Waals surface area contributed by atoms with Gasteiger partial charge in [0.15, 0.2) is 0 Å². The van der Waals surface area contributed by atoms with Crippen LogP contribution in [-0.2, 0) is 0 Å². The number of likely N-dealkylation sites (tertiary alicyclic amines) is 1. The highest BCUT2D eigenvalue weighted by molar-refractivity contribution is 4.88. The van der Waals surface area contributed by atoms with E-state index in [0.717, 1.165) is 6.04 Å². The number of piperidine rings is 1. The highest BCUT2D eigenvalue weighted by Crippen LogP contribution is 2.27. The molecule has 1 saturated carbocycles.